The van der Waals surface area contributed by atoms with Crippen LogP contribution in [0.25, 0.3) is 0 Å². The molecule has 2 nitrogen and oxygen atoms in total. The van der Waals surface area contributed by atoms with E-state index in [9.17, 15) is 4.79 Å². The number of aryl methyl sites for hydroxylation is 2. The highest BCUT2D eigenvalue weighted by atomic mass is 16.2. The van der Waals surface area contributed by atoms with Crippen LogP contribution < -0.4 is 0 Å². The lowest BCUT2D eigenvalue weighted by Crippen LogP contribution is -2.32. The molecule has 0 heterocycles. The van der Waals surface area contributed by atoms with Gasteiger partial charge in [0.1, 0.15) is 0 Å². The molecule has 0 saturated carbocycles. The zero-order valence-corrected chi connectivity index (χ0v) is 12.1. The van der Waals surface area contributed by atoms with Crippen molar-refractivity contribution in [3.05, 3.63) is 34.9 Å². The number of benzene rings is 1. The molecule has 0 N–H and O–H groups in total. The molecule has 18 heavy (non-hydrogen) atoms. The summed E-state index contributed by atoms with van der Waals surface area (Å²) in [5.74, 6) is 0.178. The Hall–Kier alpha value is -1.31. The fourth-order valence-electron chi connectivity index (χ4n) is 2.23. The van der Waals surface area contributed by atoms with E-state index in [2.05, 4.69) is 33.8 Å². The Morgan fingerprint density at radius 2 is 1.67 bits per heavy atom. The standard InChI is InChI=1S/C16H25NO/c1-5-8-17(9-6-2)16(18)15-11-13(4)10-14(7-3)12-15/h10-12H,5-9H2,1-4H3. The Bertz CT molecular complexity index is 392. The summed E-state index contributed by atoms with van der Waals surface area (Å²) in [7, 11) is 0. The summed E-state index contributed by atoms with van der Waals surface area (Å²) in [5, 5.41) is 0. The number of hydrogen-bond donors (Lipinski definition) is 0. The molecule has 0 unspecified atom stereocenters. The van der Waals surface area contributed by atoms with Crippen LogP contribution in [0.15, 0.2) is 18.2 Å². The van der Waals surface area contributed by atoms with Gasteiger partial charge in [-0.3, -0.25) is 4.79 Å². The maximum absolute atomic E-state index is 12.5. The first-order chi connectivity index (χ1) is 8.62. The molecule has 0 saturated heterocycles. The van der Waals surface area contributed by atoms with Crippen LogP contribution in [0.4, 0.5) is 0 Å². The van der Waals surface area contributed by atoms with Gasteiger partial charge in [-0.2, -0.15) is 0 Å². The second-order valence-corrected chi connectivity index (χ2v) is 4.85. The molecule has 0 atom stereocenters. The van der Waals surface area contributed by atoms with E-state index in [1.54, 1.807) is 0 Å². The maximum Gasteiger partial charge on any atom is 0.253 e. The molecule has 0 radical (unpaired) electrons. The van der Waals surface area contributed by atoms with Crippen molar-refractivity contribution in [1.82, 2.24) is 4.90 Å². The topological polar surface area (TPSA) is 20.3 Å². The molecule has 100 valence electrons. The Kier molecular flexibility index (Phi) is 5.90. The third kappa shape index (κ3) is 3.86. The van der Waals surface area contributed by atoms with Gasteiger partial charge in [-0.15, -0.1) is 0 Å². The number of hydrogen-bond acceptors (Lipinski definition) is 1. The summed E-state index contributed by atoms with van der Waals surface area (Å²) in [6, 6.07) is 6.19. The lowest BCUT2D eigenvalue weighted by atomic mass is 10.0. The first-order valence-corrected chi connectivity index (χ1v) is 7.02. The van der Waals surface area contributed by atoms with Crippen LogP contribution in [-0.2, 0) is 6.42 Å². The predicted octanol–water partition coefficient (Wildman–Crippen LogP) is 3.82. The molecular weight excluding hydrogens is 222 g/mol. The Morgan fingerprint density at radius 3 is 2.17 bits per heavy atom. The molecule has 1 aromatic carbocycles. The molecule has 2 heteroatoms. The van der Waals surface area contributed by atoms with E-state index in [4.69, 9.17) is 0 Å². The van der Waals surface area contributed by atoms with Crippen LogP contribution in [0, 0.1) is 6.92 Å². The summed E-state index contributed by atoms with van der Waals surface area (Å²) in [4.78, 5) is 14.4. The van der Waals surface area contributed by atoms with Gasteiger partial charge in [-0.05, 0) is 43.9 Å². The van der Waals surface area contributed by atoms with Gasteiger partial charge in [0.15, 0.2) is 0 Å². The zero-order valence-electron chi connectivity index (χ0n) is 12.1. The van der Waals surface area contributed by atoms with Gasteiger partial charge < -0.3 is 4.90 Å². The largest absolute Gasteiger partial charge is 0.339 e. The number of rotatable bonds is 6. The van der Waals surface area contributed by atoms with Crippen LogP contribution in [0.5, 0.6) is 0 Å². The predicted molar refractivity (Wildman–Crippen MR) is 77.0 cm³/mol. The quantitative estimate of drug-likeness (QED) is 0.748. The van der Waals surface area contributed by atoms with Crippen molar-refractivity contribution < 1.29 is 4.79 Å². The van der Waals surface area contributed by atoms with Crippen molar-refractivity contribution in [1.29, 1.82) is 0 Å². The van der Waals surface area contributed by atoms with Gasteiger partial charge in [-0.25, -0.2) is 0 Å². The minimum Gasteiger partial charge on any atom is -0.339 e. The highest BCUT2D eigenvalue weighted by Crippen LogP contribution is 2.13. The van der Waals surface area contributed by atoms with E-state index in [0.29, 0.717) is 0 Å². The monoisotopic (exact) mass is 247 g/mol. The van der Waals surface area contributed by atoms with Crippen molar-refractivity contribution in [3.63, 3.8) is 0 Å². The highest BCUT2D eigenvalue weighted by Gasteiger charge is 2.14. The maximum atomic E-state index is 12.5. The van der Waals surface area contributed by atoms with Crippen molar-refractivity contribution >= 4 is 5.91 Å². The highest BCUT2D eigenvalue weighted by molar-refractivity contribution is 5.94. The molecule has 0 aliphatic rings. The summed E-state index contributed by atoms with van der Waals surface area (Å²) < 4.78 is 0. The van der Waals surface area contributed by atoms with E-state index >= 15 is 0 Å². The first kappa shape index (κ1) is 14.7. The third-order valence-corrected chi connectivity index (χ3v) is 3.07. The van der Waals surface area contributed by atoms with Gasteiger partial charge in [0.25, 0.3) is 5.91 Å². The van der Waals surface area contributed by atoms with Crippen molar-refractivity contribution in [2.75, 3.05) is 13.1 Å². The van der Waals surface area contributed by atoms with Crippen molar-refractivity contribution in [2.45, 2.75) is 47.0 Å². The summed E-state index contributed by atoms with van der Waals surface area (Å²) >= 11 is 0. The van der Waals surface area contributed by atoms with Crippen LogP contribution in [0.3, 0.4) is 0 Å². The summed E-state index contributed by atoms with van der Waals surface area (Å²) in [6.45, 7) is 10.1. The van der Waals surface area contributed by atoms with Gasteiger partial charge in [0.05, 0.1) is 0 Å². The molecule has 1 aromatic rings. The second-order valence-electron chi connectivity index (χ2n) is 4.85. The Balaban J connectivity index is 2.96. The fraction of sp³-hybridized carbons (Fsp3) is 0.562. The van der Waals surface area contributed by atoms with Gasteiger partial charge >= 0.3 is 0 Å². The van der Waals surface area contributed by atoms with E-state index in [1.165, 1.54) is 11.1 Å². The van der Waals surface area contributed by atoms with Crippen molar-refractivity contribution in [2.24, 2.45) is 0 Å². The Morgan fingerprint density at radius 1 is 1.06 bits per heavy atom. The van der Waals surface area contributed by atoms with E-state index < -0.39 is 0 Å². The molecule has 0 fully saturated rings. The van der Waals surface area contributed by atoms with Gasteiger partial charge in [-0.1, -0.05) is 32.4 Å². The minimum atomic E-state index is 0.178. The molecule has 0 aliphatic carbocycles. The summed E-state index contributed by atoms with van der Waals surface area (Å²) in [6.07, 6.45) is 3.00. The van der Waals surface area contributed by atoms with E-state index in [1.807, 2.05) is 17.0 Å². The number of amides is 1. The lowest BCUT2D eigenvalue weighted by molar-refractivity contribution is 0.0755. The number of nitrogens with zero attached hydrogens (tertiary/aromatic N) is 1. The van der Waals surface area contributed by atoms with Crippen LogP contribution in [-0.4, -0.2) is 23.9 Å². The average molecular weight is 247 g/mol. The van der Waals surface area contributed by atoms with Crippen molar-refractivity contribution in [3.8, 4) is 0 Å². The number of carbonyl (C=O) groups excluding carboxylic acids is 1. The SMILES string of the molecule is CCCN(CCC)C(=O)c1cc(C)cc(CC)c1. The molecule has 0 bridgehead atoms. The molecule has 0 aliphatic heterocycles. The van der Waals surface area contributed by atoms with E-state index in [0.717, 1.165) is 37.9 Å². The smallest absolute Gasteiger partial charge is 0.253 e. The first-order valence-electron chi connectivity index (χ1n) is 7.02. The minimum absolute atomic E-state index is 0.178. The molecule has 0 aromatic heterocycles. The molecule has 0 spiro atoms. The van der Waals surface area contributed by atoms with Crippen LogP contribution >= 0.6 is 0 Å². The lowest BCUT2D eigenvalue weighted by Gasteiger charge is -2.22. The Labute approximate surface area is 111 Å². The van der Waals surface area contributed by atoms with Gasteiger partial charge in [0.2, 0.25) is 0 Å². The summed E-state index contributed by atoms with van der Waals surface area (Å²) in [5.41, 5.74) is 3.26. The second kappa shape index (κ2) is 7.20. The third-order valence-electron chi connectivity index (χ3n) is 3.07. The number of carbonyl (C=O) groups is 1. The molecule has 1 rings (SSSR count). The molecule has 1 amide bonds. The fourth-order valence-corrected chi connectivity index (χ4v) is 2.23. The van der Waals surface area contributed by atoms with Crippen LogP contribution in [0.2, 0.25) is 0 Å². The van der Waals surface area contributed by atoms with Gasteiger partial charge in [0, 0.05) is 18.7 Å². The average Bonchev–Trinajstić information content (AvgIpc) is 2.36. The zero-order chi connectivity index (χ0) is 13.5. The molecular formula is C16H25NO. The van der Waals surface area contributed by atoms with E-state index in [-0.39, 0.29) is 5.91 Å². The van der Waals surface area contributed by atoms with Crippen LogP contribution in [0.1, 0.15) is 55.1 Å². The normalized spacial score (nSPS) is 10.4.